The molecule has 67 heavy (non-hydrogen) atoms. The molecule has 0 aliphatic carbocycles. The van der Waals surface area contributed by atoms with Crippen LogP contribution < -0.4 is 5.43 Å². The van der Waals surface area contributed by atoms with Gasteiger partial charge in [-0.3, -0.25) is 15.5 Å². The number of fused-ring (bicyclic) bond motifs is 7. The van der Waals surface area contributed by atoms with Crippen LogP contribution in [0.15, 0.2) is 236 Å². The van der Waals surface area contributed by atoms with Crippen molar-refractivity contribution in [1.82, 2.24) is 24.2 Å². The van der Waals surface area contributed by atoms with Crippen LogP contribution in [0, 0.1) is 5.41 Å². The van der Waals surface area contributed by atoms with E-state index in [1.54, 1.807) is 0 Å². The second-order valence-corrected chi connectivity index (χ2v) is 16.4. The molecule has 3 heterocycles. The molecule has 2 N–H and O–H groups in total. The number of nitrogens with zero attached hydrogens (tertiary/aromatic N) is 6. The lowest BCUT2D eigenvalue weighted by Gasteiger charge is -2.15. The fourth-order valence-electron chi connectivity index (χ4n) is 9.15. The van der Waals surface area contributed by atoms with Crippen molar-refractivity contribution in [2.24, 2.45) is 4.99 Å². The highest BCUT2D eigenvalue weighted by atomic mass is 15.4. The van der Waals surface area contributed by atoms with Gasteiger partial charge in [0.25, 0.3) is 0 Å². The molecule has 3 aromatic heterocycles. The summed E-state index contributed by atoms with van der Waals surface area (Å²) < 4.78 is 4.46. The molecular formula is C59H40N8. The van der Waals surface area contributed by atoms with Crippen LogP contribution in [0.25, 0.3) is 94.6 Å². The Hall–Kier alpha value is -9.27. The van der Waals surface area contributed by atoms with Gasteiger partial charge in [0.1, 0.15) is 0 Å². The molecule has 0 amide bonds. The molecule has 8 nitrogen and oxygen atoms in total. The third-order valence-electron chi connectivity index (χ3n) is 12.3. The van der Waals surface area contributed by atoms with Gasteiger partial charge in [0.05, 0.1) is 22.1 Å². The van der Waals surface area contributed by atoms with Crippen molar-refractivity contribution in [3.8, 4) is 51.0 Å². The summed E-state index contributed by atoms with van der Waals surface area (Å²) in [7, 11) is 0. The second-order valence-electron chi connectivity index (χ2n) is 16.4. The molecule has 0 saturated carbocycles. The van der Waals surface area contributed by atoms with E-state index >= 15 is 0 Å². The minimum atomic E-state index is 0.155. The van der Waals surface area contributed by atoms with Gasteiger partial charge in [0.15, 0.2) is 29.1 Å². The first kappa shape index (κ1) is 39.3. The Morgan fingerprint density at radius 3 is 1.54 bits per heavy atom. The number of amidine groups is 2. The van der Waals surface area contributed by atoms with Crippen LogP contribution in [-0.4, -0.2) is 35.9 Å². The summed E-state index contributed by atoms with van der Waals surface area (Å²) in [6, 6.07) is 78.4. The minimum absolute atomic E-state index is 0.155. The van der Waals surface area contributed by atoms with Crippen molar-refractivity contribution in [2.75, 3.05) is 5.43 Å². The predicted molar refractivity (Wildman–Crippen MR) is 275 cm³/mol. The van der Waals surface area contributed by atoms with Crippen LogP contribution in [0.3, 0.4) is 0 Å². The van der Waals surface area contributed by atoms with Crippen LogP contribution in [0.5, 0.6) is 0 Å². The van der Waals surface area contributed by atoms with E-state index in [0.717, 1.165) is 88.2 Å². The molecule has 0 bridgehead atoms. The number of benzene rings is 9. The predicted octanol–water partition coefficient (Wildman–Crippen LogP) is 13.8. The summed E-state index contributed by atoms with van der Waals surface area (Å²) in [5.74, 6) is 2.55. The molecule has 0 aliphatic rings. The van der Waals surface area contributed by atoms with Crippen molar-refractivity contribution in [1.29, 1.82) is 5.41 Å². The van der Waals surface area contributed by atoms with Crippen molar-refractivity contribution in [2.45, 2.75) is 0 Å². The number of hydrogen-bond acceptors (Lipinski definition) is 4. The quantitative estimate of drug-likeness (QED) is 0.117. The maximum absolute atomic E-state index is 9.33. The largest absolute Gasteiger partial charge is 0.309 e. The highest BCUT2D eigenvalue weighted by Gasteiger charge is 2.22. The zero-order chi connectivity index (χ0) is 44.7. The van der Waals surface area contributed by atoms with Crippen LogP contribution in [-0.2, 0) is 0 Å². The van der Waals surface area contributed by atoms with E-state index in [4.69, 9.17) is 19.9 Å². The van der Waals surface area contributed by atoms with Crippen LogP contribution in [0.1, 0.15) is 11.1 Å². The molecule has 0 unspecified atom stereocenters. The Morgan fingerprint density at radius 1 is 0.388 bits per heavy atom. The van der Waals surface area contributed by atoms with Gasteiger partial charge in [-0.1, -0.05) is 188 Å². The third-order valence-corrected chi connectivity index (χ3v) is 12.3. The maximum atomic E-state index is 9.33. The number of para-hydroxylation sites is 2. The lowest BCUT2D eigenvalue weighted by Crippen LogP contribution is -2.25. The fourth-order valence-corrected chi connectivity index (χ4v) is 9.15. The molecule has 12 aromatic rings. The zero-order valence-corrected chi connectivity index (χ0v) is 36.1. The summed E-state index contributed by atoms with van der Waals surface area (Å²) >= 11 is 0. The van der Waals surface area contributed by atoms with E-state index in [1.807, 2.05) is 127 Å². The fraction of sp³-hybridized carbons (Fsp3) is 0. The second kappa shape index (κ2) is 16.7. The van der Waals surface area contributed by atoms with E-state index < -0.39 is 0 Å². The van der Waals surface area contributed by atoms with Gasteiger partial charge in [-0.15, -0.1) is 0 Å². The third kappa shape index (κ3) is 7.19. The molecule has 8 heteroatoms. The van der Waals surface area contributed by atoms with Crippen molar-refractivity contribution in [3.63, 3.8) is 0 Å². The van der Waals surface area contributed by atoms with Gasteiger partial charge in [-0.2, -0.15) is 0 Å². The summed E-state index contributed by atoms with van der Waals surface area (Å²) in [6.45, 7) is 0. The molecule has 0 atom stereocenters. The Bertz CT molecular complexity index is 3780. The Balaban J connectivity index is 1.01. The number of nitrogens with one attached hydrogen (secondary N) is 2. The molecule has 0 saturated heterocycles. The number of aliphatic imine (C=N–C) groups is 1. The van der Waals surface area contributed by atoms with Crippen LogP contribution in [0.4, 0.5) is 0 Å². The average Bonchev–Trinajstić information content (AvgIpc) is 3.91. The molecule has 12 rings (SSSR count). The van der Waals surface area contributed by atoms with Crippen LogP contribution in [0.2, 0.25) is 0 Å². The van der Waals surface area contributed by atoms with E-state index in [-0.39, 0.29) is 5.84 Å². The number of hydrogen-bond donors (Lipinski definition) is 2. The van der Waals surface area contributed by atoms with Gasteiger partial charge in [0, 0.05) is 55.0 Å². The number of aromatic nitrogens is 5. The maximum Gasteiger partial charge on any atom is 0.164 e. The van der Waals surface area contributed by atoms with Crippen molar-refractivity contribution < 1.29 is 0 Å². The van der Waals surface area contributed by atoms with Gasteiger partial charge in [-0.25, -0.2) is 19.9 Å². The first-order valence-electron chi connectivity index (χ1n) is 22.2. The van der Waals surface area contributed by atoms with Gasteiger partial charge < -0.3 is 4.57 Å². The molecule has 9 aromatic carbocycles. The lowest BCUT2D eigenvalue weighted by molar-refractivity contribution is 1.07. The van der Waals surface area contributed by atoms with Crippen molar-refractivity contribution >= 4 is 55.3 Å². The summed E-state index contributed by atoms with van der Waals surface area (Å²) in [5.41, 5.74) is 15.3. The van der Waals surface area contributed by atoms with E-state index in [1.165, 1.54) is 0 Å². The summed E-state index contributed by atoms with van der Waals surface area (Å²) in [6.07, 6.45) is 0. The summed E-state index contributed by atoms with van der Waals surface area (Å²) in [5, 5.41) is 13.8. The lowest BCUT2D eigenvalue weighted by atomic mass is 10.0. The van der Waals surface area contributed by atoms with E-state index in [0.29, 0.717) is 23.3 Å². The first-order valence-corrected chi connectivity index (χ1v) is 22.2. The zero-order valence-electron chi connectivity index (χ0n) is 36.1. The SMILES string of the molecule is N=C(N=C(Nn1c2ccccc2c2c3c4ccccc4n(-c4cccc(-c5nc(-c6ccccc6)nc(-c6ccccc6)n5)c4)c3ccc21)c1ccccc1)c1cccc(-c2ccccc2)c1. The minimum Gasteiger partial charge on any atom is -0.309 e. The molecule has 0 aliphatic heterocycles. The van der Waals surface area contributed by atoms with Gasteiger partial charge in [-0.05, 0) is 53.6 Å². The van der Waals surface area contributed by atoms with Gasteiger partial charge >= 0.3 is 0 Å². The standard InChI is InChI=1S/C59H40N8/c60-55(44-28-17-27-43(37-44)39-19-5-1-6-20-39)61-59(42-25-11-4-12-26-42)65-67-50-34-16-14-32-48(50)54-52(67)36-35-51-53(54)47-31-13-15-33-49(47)66(51)46-30-18-29-45(38-46)58-63-56(40-21-7-2-8-22-40)62-57(64-58)41-23-9-3-10-24-41/h1-38H,(H2,60,61,65). The normalized spacial score (nSPS) is 11.7. The average molecular weight is 861 g/mol. The van der Waals surface area contributed by atoms with E-state index in [2.05, 4.69) is 118 Å². The highest BCUT2D eigenvalue weighted by Crippen LogP contribution is 2.41. The molecular weight excluding hydrogens is 821 g/mol. The van der Waals surface area contributed by atoms with Crippen molar-refractivity contribution in [3.05, 3.63) is 242 Å². The summed E-state index contributed by atoms with van der Waals surface area (Å²) in [4.78, 5) is 20.1. The smallest absolute Gasteiger partial charge is 0.164 e. The highest BCUT2D eigenvalue weighted by molar-refractivity contribution is 6.29. The molecule has 316 valence electrons. The number of rotatable bonds is 8. The molecule has 0 radical (unpaired) electrons. The molecule has 0 spiro atoms. The Morgan fingerprint density at radius 2 is 0.866 bits per heavy atom. The molecule has 0 fully saturated rings. The topological polar surface area (TPSA) is 96.8 Å². The van der Waals surface area contributed by atoms with Crippen LogP contribution >= 0.6 is 0 Å². The monoisotopic (exact) mass is 860 g/mol. The van der Waals surface area contributed by atoms with E-state index in [9.17, 15) is 5.41 Å². The Labute approximate surface area is 386 Å². The van der Waals surface area contributed by atoms with Gasteiger partial charge in [0.2, 0.25) is 0 Å². The first-order chi connectivity index (χ1) is 33.1. The Kier molecular flexibility index (Phi) is 9.80.